The second-order valence-corrected chi connectivity index (χ2v) is 12.0. The van der Waals surface area contributed by atoms with Crippen molar-refractivity contribution in [2.75, 3.05) is 12.0 Å². The maximum atomic E-state index is 13.9. The van der Waals surface area contributed by atoms with Crippen molar-refractivity contribution >= 4 is 57.9 Å². The number of carbonyl (C=O) groups is 2. The molecule has 1 fully saturated rings. The molecule has 3 heterocycles. The van der Waals surface area contributed by atoms with E-state index in [0.717, 1.165) is 33.6 Å². The zero-order chi connectivity index (χ0) is 28.8. The molecule has 4 aromatic rings. The topological polar surface area (TPSA) is 132 Å². The first-order chi connectivity index (χ1) is 19.7. The summed E-state index contributed by atoms with van der Waals surface area (Å²) in [6.07, 6.45) is 0. The summed E-state index contributed by atoms with van der Waals surface area (Å²) in [5.41, 5.74) is 1.65. The van der Waals surface area contributed by atoms with E-state index in [0.29, 0.717) is 32.0 Å². The molecule has 0 radical (unpaired) electrons. The van der Waals surface area contributed by atoms with Gasteiger partial charge < -0.3 is 14.5 Å². The third-order valence-electron chi connectivity index (χ3n) is 6.97. The highest BCUT2D eigenvalue weighted by atomic mass is 35.5. The Morgan fingerprint density at radius 1 is 1.02 bits per heavy atom. The van der Waals surface area contributed by atoms with Crippen LogP contribution in [0.15, 0.2) is 76.6 Å². The number of halogens is 1. The van der Waals surface area contributed by atoms with Gasteiger partial charge in [-0.05, 0) is 47.5 Å². The molecule has 2 aliphatic heterocycles. The van der Waals surface area contributed by atoms with Crippen LogP contribution in [0.3, 0.4) is 0 Å². The number of aromatic amines is 1. The minimum absolute atomic E-state index is 0.151. The first-order valence-corrected chi connectivity index (χ1v) is 14.4. The first-order valence-electron chi connectivity index (χ1n) is 12.3. The minimum atomic E-state index is -0.815. The SMILES string of the molecule is COc1cc([C@H]2c3sc(=O)[nH]c3S[C@@H]3C(=O)N(c4ccc([N+](=O)[O-])cc4)C(=O)[C@H]23)ccc1OCc1cccc(Cl)c1. The van der Waals surface area contributed by atoms with Gasteiger partial charge in [0, 0.05) is 28.0 Å². The number of thioether (sulfide) groups is 1. The van der Waals surface area contributed by atoms with Crippen molar-refractivity contribution in [2.24, 2.45) is 5.92 Å². The van der Waals surface area contributed by atoms with Crippen molar-refractivity contribution in [3.05, 3.63) is 108 Å². The molecular formula is C28H20ClN3O7S2. The number of H-pyrrole nitrogens is 1. The van der Waals surface area contributed by atoms with E-state index in [2.05, 4.69) is 4.98 Å². The maximum Gasteiger partial charge on any atom is 0.305 e. The molecule has 0 spiro atoms. The Bertz CT molecular complexity index is 1750. The number of benzene rings is 3. The predicted molar refractivity (Wildman–Crippen MR) is 154 cm³/mol. The standard InChI is InChI=1S/C28H20ClN3O7S2/c1-38-20-12-15(5-10-19(20)39-13-14-3-2-4-16(29)11-14)21-22-24(40-25-23(21)41-28(35)30-25)27(34)31(26(22)33)17-6-8-18(9-7-17)32(36)37/h2-12,21-22,24H,13H2,1H3,(H,30,35)/t21-,22-,24+/m1/s1. The number of nitro benzene ring substituents is 1. The van der Waals surface area contributed by atoms with Crippen molar-refractivity contribution < 1.29 is 24.0 Å². The van der Waals surface area contributed by atoms with Crippen LogP contribution in [0.25, 0.3) is 0 Å². The van der Waals surface area contributed by atoms with Crippen LogP contribution in [-0.4, -0.2) is 34.1 Å². The Labute approximate surface area is 246 Å². The van der Waals surface area contributed by atoms with E-state index in [1.807, 2.05) is 12.1 Å². The van der Waals surface area contributed by atoms with Gasteiger partial charge in [0.1, 0.15) is 11.9 Å². The molecule has 0 unspecified atom stereocenters. The van der Waals surface area contributed by atoms with Gasteiger partial charge in [-0.1, -0.05) is 52.9 Å². The van der Waals surface area contributed by atoms with Crippen LogP contribution in [0, 0.1) is 16.0 Å². The van der Waals surface area contributed by atoms with Crippen LogP contribution in [0.5, 0.6) is 11.5 Å². The number of fused-ring (bicyclic) bond motifs is 2. The number of ether oxygens (including phenoxy) is 2. The van der Waals surface area contributed by atoms with Crippen molar-refractivity contribution in [2.45, 2.75) is 22.8 Å². The lowest BCUT2D eigenvalue weighted by Crippen LogP contribution is -2.32. The van der Waals surface area contributed by atoms with Gasteiger partial charge in [-0.15, -0.1) is 0 Å². The number of imide groups is 1. The Kier molecular flexibility index (Phi) is 7.06. The fourth-order valence-corrected chi connectivity index (χ4v) is 7.87. The van der Waals surface area contributed by atoms with Crippen LogP contribution in [0.2, 0.25) is 5.02 Å². The number of hydrogen-bond acceptors (Lipinski definition) is 9. The van der Waals surface area contributed by atoms with Gasteiger partial charge in [0.2, 0.25) is 11.8 Å². The summed E-state index contributed by atoms with van der Waals surface area (Å²) in [7, 11) is 1.51. The van der Waals surface area contributed by atoms with Gasteiger partial charge in [0.25, 0.3) is 5.69 Å². The Morgan fingerprint density at radius 2 is 1.80 bits per heavy atom. The number of nitrogens with one attached hydrogen (secondary N) is 1. The quantitative estimate of drug-likeness (QED) is 0.168. The predicted octanol–water partition coefficient (Wildman–Crippen LogP) is 5.38. The zero-order valence-electron chi connectivity index (χ0n) is 21.2. The summed E-state index contributed by atoms with van der Waals surface area (Å²) in [6, 6.07) is 17.9. The van der Waals surface area contributed by atoms with E-state index in [1.54, 1.807) is 30.3 Å². The molecule has 6 rings (SSSR count). The monoisotopic (exact) mass is 609 g/mol. The fourth-order valence-electron chi connectivity index (χ4n) is 5.14. The van der Waals surface area contributed by atoms with Crippen LogP contribution in [-0.2, 0) is 16.2 Å². The number of anilines is 1. The molecule has 3 aromatic carbocycles. The Morgan fingerprint density at radius 3 is 2.51 bits per heavy atom. The normalized spacial score (nSPS) is 19.6. The van der Waals surface area contributed by atoms with E-state index in [4.69, 9.17) is 21.1 Å². The highest BCUT2D eigenvalue weighted by molar-refractivity contribution is 8.00. The summed E-state index contributed by atoms with van der Waals surface area (Å²) in [5.74, 6) is -1.43. The number of nitro groups is 1. The second-order valence-electron chi connectivity index (χ2n) is 9.36. The van der Waals surface area contributed by atoms with E-state index >= 15 is 0 Å². The Hall–Kier alpha value is -4.13. The molecule has 0 bridgehead atoms. The molecular weight excluding hydrogens is 590 g/mol. The lowest BCUT2D eigenvalue weighted by Gasteiger charge is -2.30. The largest absolute Gasteiger partial charge is 0.493 e. The smallest absolute Gasteiger partial charge is 0.305 e. The number of non-ortho nitro benzene ring substituents is 1. The van der Waals surface area contributed by atoms with Crippen molar-refractivity contribution in [3.63, 3.8) is 0 Å². The number of carbonyl (C=O) groups excluding carboxylic acids is 2. The highest BCUT2D eigenvalue weighted by Gasteiger charge is 2.56. The van der Waals surface area contributed by atoms with E-state index in [-0.39, 0.29) is 22.9 Å². The fraction of sp³-hybridized carbons (Fsp3) is 0.179. The van der Waals surface area contributed by atoms with Crippen LogP contribution >= 0.6 is 34.7 Å². The van der Waals surface area contributed by atoms with Gasteiger partial charge in [0.05, 0.1) is 28.7 Å². The van der Waals surface area contributed by atoms with Crippen molar-refractivity contribution in [3.8, 4) is 11.5 Å². The van der Waals surface area contributed by atoms with Gasteiger partial charge in [-0.2, -0.15) is 0 Å². The average Bonchev–Trinajstić information content (AvgIpc) is 3.46. The zero-order valence-corrected chi connectivity index (χ0v) is 23.6. The molecule has 10 nitrogen and oxygen atoms in total. The molecule has 1 N–H and O–H groups in total. The number of nitrogens with zero attached hydrogens (tertiary/aromatic N) is 2. The maximum absolute atomic E-state index is 13.9. The number of hydrogen-bond donors (Lipinski definition) is 1. The van der Waals surface area contributed by atoms with Gasteiger partial charge >= 0.3 is 4.87 Å². The summed E-state index contributed by atoms with van der Waals surface area (Å²) < 4.78 is 11.6. The van der Waals surface area contributed by atoms with E-state index < -0.39 is 33.8 Å². The second kappa shape index (κ2) is 10.7. The van der Waals surface area contributed by atoms with Crippen LogP contribution in [0.4, 0.5) is 11.4 Å². The number of rotatable bonds is 7. The molecule has 2 amide bonds. The number of amides is 2. The molecule has 3 atom stereocenters. The van der Waals surface area contributed by atoms with Gasteiger partial charge in [0.15, 0.2) is 11.5 Å². The summed E-state index contributed by atoms with van der Waals surface area (Å²) in [5, 5.41) is 11.4. The summed E-state index contributed by atoms with van der Waals surface area (Å²) in [4.78, 5) is 54.6. The van der Waals surface area contributed by atoms with Gasteiger partial charge in [-0.25, -0.2) is 4.90 Å². The third kappa shape index (κ3) is 4.88. The molecule has 0 saturated carbocycles. The molecule has 2 aliphatic rings. The summed E-state index contributed by atoms with van der Waals surface area (Å²) in [6.45, 7) is 0.252. The number of methoxy groups -OCH3 is 1. The van der Waals surface area contributed by atoms with Crippen molar-refractivity contribution in [1.29, 1.82) is 0 Å². The minimum Gasteiger partial charge on any atom is -0.493 e. The van der Waals surface area contributed by atoms with Crippen LogP contribution < -0.4 is 19.2 Å². The number of thiazole rings is 1. The Balaban J connectivity index is 1.36. The molecule has 208 valence electrons. The van der Waals surface area contributed by atoms with Crippen molar-refractivity contribution in [1.82, 2.24) is 4.98 Å². The molecule has 41 heavy (non-hydrogen) atoms. The molecule has 1 aromatic heterocycles. The summed E-state index contributed by atoms with van der Waals surface area (Å²) >= 11 is 8.24. The third-order valence-corrected chi connectivity index (χ3v) is 9.61. The lowest BCUT2D eigenvalue weighted by molar-refractivity contribution is -0.384. The first kappa shape index (κ1) is 27.1. The highest BCUT2D eigenvalue weighted by Crippen LogP contribution is 2.53. The van der Waals surface area contributed by atoms with E-state index in [1.165, 1.54) is 31.4 Å². The molecule has 13 heteroatoms. The average molecular weight is 610 g/mol. The number of aromatic nitrogens is 1. The molecule has 0 aliphatic carbocycles. The lowest BCUT2D eigenvalue weighted by atomic mass is 9.83. The van der Waals surface area contributed by atoms with E-state index in [9.17, 15) is 24.5 Å². The van der Waals surface area contributed by atoms with Gasteiger partial charge in [-0.3, -0.25) is 24.5 Å². The van der Waals surface area contributed by atoms with Crippen LogP contribution in [0.1, 0.15) is 21.9 Å². The molecule has 1 saturated heterocycles.